The van der Waals surface area contributed by atoms with Gasteiger partial charge in [0.25, 0.3) is 0 Å². The molecule has 0 aromatic heterocycles. The van der Waals surface area contributed by atoms with Gasteiger partial charge in [-0.2, -0.15) is 0 Å². The van der Waals surface area contributed by atoms with Gasteiger partial charge < -0.3 is 4.99 Å². The van der Waals surface area contributed by atoms with E-state index in [-0.39, 0.29) is 0 Å². The zero-order chi connectivity index (χ0) is 6.41. The molecule has 0 aliphatic carbocycles. The van der Waals surface area contributed by atoms with Crippen LogP contribution in [0.5, 0.6) is 0 Å². The van der Waals surface area contributed by atoms with Crippen LogP contribution in [0.4, 0.5) is 0 Å². The molecule has 0 saturated heterocycles. The minimum absolute atomic E-state index is 0.553. The molecule has 0 aromatic rings. The molecule has 0 aromatic carbocycles. The molecule has 0 saturated carbocycles. The molecule has 1 nitrogen and oxygen atoms in total. The van der Waals surface area contributed by atoms with Crippen LogP contribution in [0, 0.1) is 5.92 Å². The summed E-state index contributed by atoms with van der Waals surface area (Å²) in [7, 11) is 0. The zero-order valence-corrected chi connectivity index (χ0v) is 5.59. The van der Waals surface area contributed by atoms with Gasteiger partial charge in [0.15, 0.2) is 0 Å². The standard InChI is InChI=1S/C7H13N/c1-4-5-7(2)6-8-3/h4-5,7H,3,6H2,1-2H3/b5-4-. The third-order valence-electron chi connectivity index (χ3n) is 0.938. The molecular weight excluding hydrogens is 98.1 g/mol. The van der Waals surface area contributed by atoms with Gasteiger partial charge in [0.2, 0.25) is 0 Å². The van der Waals surface area contributed by atoms with Crippen molar-refractivity contribution in [3.63, 3.8) is 0 Å². The first kappa shape index (κ1) is 7.41. The monoisotopic (exact) mass is 111 g/mol. The predicted molar refractivity (Wildman–Crippen MR) is 38.4 cm³/mol. The first-order valence-corrected chi connectivity index (χ1v) is 2.86. The van der Waals surface area contributed by atoms with Gasteiger partial charge in [-0.1, -0.05) is 19.1 Å². The summed E-state index contributed by atoms with van der Waals surface area (Å²) >= 11 is 0. The molecule has 0 fully saturated rings. The van der Waals surface area contributed by atoms with Crippen molar-refractivity contribution < 1.29 is 0 Å². The second-order valence-corrected chi connectivity index (χ2v) is 1.91. The molecule has 1 atom stereocenters. The highest BCUT2D eigenvalue weighted by Gasteiger charge is 1.89. The van der Waals surface area contributed by atoms with Gasteiger partial charge in [0.1, 0.15) is 0 Å². The Balaban J connectivity index is 3.31. The average Bonchev–Trinajstić information content (AvgIpc) is 1.68. The molecule has 0 radical (unpaired) electrons. The van der Waals surface area contributed by atoms with Crippen molar-refractivity contribution in [2.75, 3.05) is 6.54 Å². The minimum atomic E-state index is 0.553. The predicted octanol–water partition coefficient (Wildman–Crippen LogP) is 1.90. The summed E-state index contributed by atoms with van der Waals surface area (Å²) in [6, 6.07) is 0. The van der Waals surface area contributed by atoms with Crippen LogP contribution >= 0.6 is 0 Å². The first-order valence-electron chi connectivity index (χ1n) is 2.86. The highest BCUT2D eigenvalue weighted by molar-refractivity contribution is 5.23. The Bertz CT molecular complexity index is 84.4. The van der Waals surface area contributed by atoms with E-state index in [1.165, 1.54) is 0 Å². The van der Waals surface area contributed by atoms with Gasteiger partial charge in [-0.25, -0.2) is 0 Å². The van der Waals surface area contributed by atoms with Gasteiger partial charge in [0.05, 0.1) is 0 Å². The quantitative estimate of drug-likeness (QED) is 0.389. The van der Waals surface area contributed by atoms with Gasteiger partial charge in [-0.05, 0) is 19.6 Å². The molecule has 1 heteroatoms. The number of hydrogen-bond donors (Lipinski definition) is 0. The van der Waals surface area contributed by atoms with E-state index in [1.807, 2.05) is 13.0 Å². The second-order valence-electron chi connectivity index (χ2n) is 1.91. The molecule has 0 bridgehead atoms. The fraction of sp³-hybridized carbons (Fsp3) is 0.571. The van der Waals surface area contributed by atoms with E-state index in [0.717, 1.165) is 6.54 Å². The van der Waals surface area contributed by atoms with E-state index < -0.39 is 0 Å². The van der Waals surface area contributed by atoms with Gasteiger partial charge >= 0.3 is 0 Å². The van der Waals surface area contributed by atoms with E-state index in [9.17, 15) is 0 Å². The summed E-state index contributed by atoms with van der Waals surface area (Å²) in [4.78, 5) is 3.75. The van der Waals surface area contributed by atoms with Gasteiger partial charge in [-0.3, -0.25) is 0 Å². The highest BCUT2D eigenvalue weighted by atomic mass is 14.7. The maximum absolute atomic E-state index is 3.75. The number of rotatable bonds is 3. The smallest absolute Gasteiger partial charge is 0.0442 e. The summed E-state index contributed by atoms with van der Waals surface area (Å²) in [5, 5.41) is 0. The average molecular weight is 111 g/mol. The van der Waals surface area contributed by atoms with Crippen LogP contribution in [0.2, 0.25) is 0 Å². The summed E-state index contributed by atoms with van der Waals surface area (Å²) in [5.74, 6) is 0.553. The lowest BCUT2D eigenvalue weighted by Crippen LogP contribution is -1.92. The third kappa shape index (κ3) is 3.59. The van der Waals surface area contributed by atoms with Crippen molar-refractivity contribution in [1.29, 1.82) is 0 Å². The Hall–Kier alpha value is -0.590. The van der Waals surface area contributed by atoms with Crippen LogP contribution < -0.4 is 0 Å². The van der Waals surface area contributed by atoms with Crippen LogP contribution in [-0.2, 0) is 0 Å². The molecule has 46 valence electrons. The van der Waals surface area contributed by atoms with E-state index in [1.54, 1.807) is 0 Å². The van der Waals surface area contributed by atoms with E-state index in [2.05, 4.69) is 24.7 Å². The second kappa shape index (κ2) is 4.57. The van der Waals surface area contributed by atoms with Crippen molar-refractivity contribution >= 4 is 6.72 Å². The summed E-state index contributed by atoms with van der Waals surface area (Å²) in [6.07, 6.45) is 4.16. The Morgan fingerprint density at radius 1 is 1.75 bits per heavy atom. The molecular formula is C7H13N. The summed E-state index contributed by atoms with van der Waals surface area (Å²) in [5.41, 5.74) is 0. The fourth-order valence-corrected chi connectivity index (χ4v) is 0.593. The lowest BCUT2D eigenvalue weighted by molar-refractivity contribution is 0.744. The van der Waals surface area contributed by atoms with Crippen LogP contribution in [0.3, 0.4) is 0 Å². The van der Waals surface area contributed by atoms with Crippen LogP contribution in [0.15, 0.2) is 17.1 Å². The van der Waals surface area contributed by atoms with E-state index in [0.29, 0.717) is 5.92 Å². The molecule has 8 heavy (non-hydrogen) atoms. The van der Waals surface area contributed by atoms with Gasteiger partial charge in [0, 0.05) is 6.54 Å². The van der Waals surface area contributed by atoms with Crippen LogP contribution in [-0.4, -0.2) is 13.3 Å². The Kier molecular flexibility index (Phi) is 4.23. The van der Waals surface area contributed by atoms with E-state index >= 15 is 0 Å². The molecule has 0 heterocycles. The zero-order valence-electron chi connectivity index (χ0n) is 5.59. The van der Waals surface area contributed by atoms with Crippen molar-refractivity contribution in [1.82, 2.24) is 0 Å². The SMILES string of the molecule is C=NCC(C)/C=C\C. The first-order chi connectivity index (χ1) is 3.81. The highest BCUT2D eigenvalue weighted by Crippen LogP contribution is 1.95. The largest absolute Gasteiger partial charge is 0.300 e. The van der Waals surface area contributed by atoms with E-state index in [4.69, 9.17) is 0 Å². The number of hydrogen-bond acceptors (Lipinski definition) is 1. The molecule has 0 N–H and O–H groups in total. The van der Waals surface area contributed by atoms with Crippen molar-refractivity contribution in [2.45, 2.75) is 13.8 Å². The lowest BCUT2D eigenvalue weighted by Gasteiger charge is -1.96. The number of aliphatic imine (C=N–C) groups is 1. The normalized spacial score (nSPS) is 14.2. The minimum Gasteiger partial charge on any atom is -0.300 e. The van der Waals surface area contributed by atoms with Crippen molar-refractivity contribution in [2.24, 2.45) is 10.9 Å². The summed E-state index contributed by atoms with van der Waals surface area (Å²) in [6.45, 7) is 8.37. The van der Waals surface area contributed by atoms with Crippen LogP contribution in [0.25, 0.3) is 0 Å². The van der Waals surface area contributed by atoms with Gasteiger partial charge in [-0.15, -0.1) is 0 Å². The number of allylic oxidation sites excluding steroid dienone is 1. The Morgan fingerprint density at radius 2 is 2.38 bits per heavy atom. The molecule has 0 rings (SSSR count). The Morgan fingerprint density at radius 3 is 2.75 bits per heavy atom. The Labute approximate surface area is 51.1 Å². The molecule has 1 unspecified atom stereocenters. The maximum Gasteiger partial charge on any atom is 0.0442 e. The lowest BCUT2D eigenvalue weighted by atomic mass is 10.2. The topological polar surface area (TPSA) is 12.4 Å². The maximum atomic E-state index is 3.75. The van der Waals surface area contributed by atoms with Crippen LogP contribution in [0.1, 0.15) is 13.8 Å². The third-order valence-corrected chi connectivity index (χ3v) is 0.938. The number of nitrogens with zero attached hydrogens (tertiary/aromatic N) is 1. The van der Waals surface area contributed by atoms with Crippen molar-refractivity contribution in [3.05, 3.63) is 12.2 Å². The fourth-order valence-electron chi connectivity index (χ4n) is 0.593. The van der Waals surface area contributed by atoms with Crippen molar-refractivity contribution in [3.8, 4) is 0 Å². The molecule has 0 aliphatic rings. The molecule has 0 spiro atoms. The summed E-state index contributed by atoms with van der Waals surface area (Å²) < 4.78 is 0. The molecule has 0 aliphatic heterocycles. The molecule has 0 amide bonds.